The van der Waals surface area contributed by atoms with Gasteiger partial charge in [0, 0.05) is 19.3 Å². The summed E-state index contributed by atoms with van der Waals surface area (Å²) in [7, 11) is 4.81. The Hall–Kier alpha value is -2.73. The molecule has 0 aliphatic carbocycles. The highest BCUT2D eigenvalue weighted by molar-refractivity contribution is 5.89. The summed E-state index contributed by atoms with van der Waals surface area (Å²) in [5.74, 6) is 1.48. The van der Waals surface area contributed by atoms with Crippen molar-refractivity contribution in [1.29, 1.82) is 0 Å². The van der Waals surface area contributed by atoms with Gasteiger partial charge < -0.3 is 24.8 Å². The number of urea groups is 1. The first-order valence-corrected chi connectivity index (χ1v) is 7.52. The zero-order valence-electron chi connectivity index (χ0n) is 14.0. The third-order valence-electron chi connectivity index (χ3n) is 3.55. The second kappa shape index (κ2) is 8.79. The molecule has 1 atom stereocenters. The molecule has 1 unspecified atom stereocenters. The average molecular weight is 330 g/mol. The lowest BCUT2D eigenvalue weighted by molar-refractivity contribution is 0.104. The van der Waals surface area contributed by atoms with Crippen LogP contribution in [0.3, 0.4) is 0 Å². The van der Waals surface area contributed by atoms with Gasteiger partial charge in [0.2, 0.25) is 0 Å². The van der Waals surface area contributed by atoms with Crippen molar-refractivity contribution < 1.29 is 19.0 Å². The second-order valence-corrected chi connectivity index (χ2v) is 5.06. The zero-order chi connectivity index (χ0) is 17.4. The second-order valence-electron chi connectivity index (χ2n) is 5.06. The van der Waals surface area contributed by atoms with Crippen LogP contribution in [-0.4, -0.2) is 33.9 Å². The topological polar surface area (TPSA) is 68.8 Å². The van der Waals surface area contributed by atoms with E-state index in [9.17, 15) is 4.79 Å². The zero-order valence-corrected chi connectivity index (χ0v) is 14.0. The van der Waals surface area contributed by atoms with Crippen LogP contribution in [0.4, 0.5) is 10.5 Å². The third-order valence-corrected chi connectivity index (χ3v) is 3.55. The first-order chi connectivity index (χ1) is 11.7. The molecule has 6 heteroatoms. The summed E-state index contributed by atoms with van der Waals surface area (Å²) in [5, 5.41) is 5.56. The molecular formula is C18H22N2O4. The van der Waals surface area contributed by atoms with Gasteiger partial charge in [0.1, 0.15) is 11.5 Å². The predicted molar refractivity (Wildman–Crippen MR) is 92.8 cm³/mol. The van der Waals surface area contributed by atoms with Crippen molar-refractivity contribution >= 4 is 11.7 Å². The smallest absolute Gasteiger partial charge is 0.319 e. The minimum Gasteiger partial charge on any atom is -0.497 e. The van der Waals surface area contributed by atoms with Crippen molar-refractivity contribution in [3.63, 3.8) is 0 Å². The SMILES string of the molecule is COc1ccc(NC(=O)NCC(OC)c2cccc(OC)c2)cc1. The molecule has 2 aromatic rings. The number of nitrogens with one attached hydrogen (secondary N) is 2. The molecule has 0 saturated carbocycles. The molecule has 0 aromatic heterocycles. The number of anilines is 1. The Morgan fingerprint density at radius 1 is 1.00 bits per heavy atom. The van der Waals surface area contributed by atoms with Crippen LogP contribution in [0.1, 0.15) is 11.7 Å². The molecule has 0 bridgehead atoms. The number of rotatable bonds is 7. The van der Waals surface area contributed by atoms with Crippen LogP contribution in [0, 0.1) is 0 Å². The Bertz CT molecular complexity index is 658. The van der Waals surface area contributed by atoms with E-state index in [2.05, 4.69) is 10.6 Å². The molecule has 0 radical (unpaired) electrons. The van der Waals surface area contributed by atoms with Crippen molar-refractivity contribution in [2.45, 2.75) is 6.10 Å². The van der Waals surface area contributed by atoms with Crippen molar-refractivity contribution in [2.75, 3.05) is 33.2 Å². The third kappa shape index (κ3) is 4.89. The Labute approximate surface area is 141 Å². The van der Waals surface area contributed by atoms with E-state index in [1.54, 1.807) is 45.6 Å². The lowest BCUT2D eigenvalue weighted by atomic mass is 10.1. The number of methoxy groups -OCH3 is 3. The van der Waals surface area contributed by atoms with E-state index >= 15 is 0 Å². The van der Waals surface area contributed by atoms with Crippen LogP contribution in [-0.2, 0) is 4.74 Å². The molecule has 0 fully saturated rings. The highest BCUT2D eigenvalue weighted by atomic mass is 16.5. The summed E-state index contributed by atoms with van der Waals surface area (Å²) in [5.41, 5.74) is 1.62. The van der Waals surface area contributed by atoms with Gasteiger partial charge in [0.25, 0.3) is 0 Å². The Morgan fingerprint density at radius 2 is 1.71 bits per heavy atom. The first kappa shape index (κ1) is 17.6. The Kier molecular flexibility index (Phi) is 6.45. The van der Waals surface area contributed by atoms with Gasteiger partial charge in [-0.05, 0) is 42.0 Å². The summed E-state index contributed by atoms with van der Waals surface area (Å²) in [6.45, 7) is 0.339. The van der Waals surface area contributed by atoms with Crippen LogP contribution in [0.25, 0.3) is 0 Å². The molecule has 2 amide bonds. The molecule has 24 heavy (non-hydrogen) atoms. The van der Waals surface area contributed by atoms with Crippen molar-refractivity contribution in [2.24, 2.45) is 0 Å². The highest BCUT2D eigenvalue weighted by Gasteiger charge is 2.13. The number of ether oxygens (including phenoxy) is 3. The summed E-state index contributed by atoms with van der Waals surface area (Å²) in [4.78, 5) is 12.0. The van der Waals surface area contributed by atoms with Gasteiger partial charge in [-0.25, -0.2) is 4.79 Å². The van der Waals surface area contributed by atoms with Gasteiger partial charge >= 0.3 is 6.03 Å². The van der Waals surface area contributed by atoms with E-state index in [4.69, 9.17) is 14.2 Å². The summed E-state index contributed by atoms with van der Waals surface area (Å²) in [6, 6.07) is 14.4. The molecule has 0 saturated heterocycles. The number of amides is 2. The van der Waals surface area contributed by atoms with E-state index in [1.165, 1.54) is 0 Å². The van der Waals surface area contributed by atoms with Gasteiger partial charge in [0.05, 0.1) is 20.3 Å². The average Bonchev–Trinajstić information content (AvgIpc) is 2.63. The molecule has 0 heterocycles. The van der Waals surface area contributed by atoms with Gasteiger partial charge in [0.15, 0.2) is 0 Å². The summed E-state index contributed by atoms with van der Waals surface area (Å²) in [6.07, 6.45) is -0.262. The van der Waals surface area contributed by atoms with Gasteiger partial charge in [-0.15, -0.1) is 0 Å². The minimum atomic E-state index is -0.301. The molecule has 2 N–H and O–H groups in total. The molecule has 0 spiro atoms. The van der Waals surface area contributed by atoms with Crippen LogP contribution in [0.2, 0.25) is 0 Å². The van der Waals surface area contributed by atoms with Gasteiger partial charge in [-0.2, -0.15) is 0 Å². The maximum atomic E-state index is 12.0. The van der Waals surface area contributed by atoms with Crippen LogP contribution in [0.15, 0.2) is 48.5 Å². The number of carbonyl (C=O) groups is 1. The minimum absolute atomic E-state index is 0.262. The predicted octanol–water partition coefficient (Wildman–Crippen LogP) is 3.21. The number of hydrogen-bond acceptors (Lipinski definition) is 4. The first-order valence-electron chi connectivity index (χ1n) is 7.52. The molecule has 128 valence electrons. The fourth-order valence-corrected chi connectivity index (χ4v) is 2.21. The lowest BCUT2D eigenvalue weighted by Gasteiger charge is -2.17. The van der Waals surface area contributed by atoms with Gasteiger partial charge in [-0.3, -0.25) is 0 Å². The van der Waals surface area contributed by atoms with E-state index in [-0.39, 0.29) is 12.1 Å². The fraction of sp³-hybridized carbons (Fsp3) is 0.278. The molecule has 2 rings (SSSR count). The maximum absolute atomic E-state index is 12.0. The Morgan fingerprint density at radius 3 is 2.33 bits per heavy atom. The van der Waals surface area contributed by atoms with Crippen LogP contribution >= 0.6 is 0 Å². The maximum Gasteiger partial charge on any atom is 0.319 e. The standard InChI is InChI=1S/C18H22N2O4/c1-22-15-9-7-14(8-10-15)20-18(21)19-12-17(24-3)13-5-4-6-16(11-13)23-2/h4-11,17H,12H2,1-3H3,(H2,19,20,21). The molecule has 0 aliphatic rings. The molecule has 0 aliphatic heterocycles. The fourth-order valence-electron chi connectivity index (χ4n) is 2.21. The highest BCUT2D eigenvalue weighted by Crippen LogP contribution is 2.21. The summed E-state index contributed by atoms with van der Waals surface area (Å²) < 4.78 is 15.7. The largest absolute Gasteiger partial charge is 0.497 e. The van der Waals surface area contributed by atoms with Gasteiger partial charge in [-0.1, -0.05) is 12.1 Å². The van der Waals surface area contributed by atoms with Crippen molar-refractivity contribution in [3.05, 3.63) is 54.1 Å². The van der Waals surface area contributed by atoms with E-state index in [0.29, 0.717) is 12.2 Å². The normalized spacial score (nSPS) is 11.5. The van der Waals surface area contributed by atoms with E-state index in [1.807, 2.05) is 24.3 Å². The number of hydrogen-bond donors (Lipinski definition) is 2. The summed E-state index contributed by atoms with van der Waals surface area (Å²) >= 11 is 0. The van der Waals surface area contributed by atoms with Crippen LogP contribution in [0.5, 0.6) is 11.5 Å². The van der Waals surface area contributed by atoms with Crippen LogP contribution < -0.4 is 20.1 Å². The monoisotopic (exact) mass is 330 g/mol. The molecule has 6 nitrogen and oxygen atoms in total. The molecular weight excluding hydrogens is 308 g/mol. The van der Waals surface area contributed by atoms with Crippen molar-refractivity contribution in [3.8, 4) is 11.5 Å². The molecule has 2 aromatic carbocycles. The van der Waals surface area contributed by atoms with Crippen molar-refractivity contribution in [1.82, 2.24) is 5.32 Å². The number of carbonyl (C=O) groups excluding carboxylic acids is 1. The number of benzene rings is 2. The Balaban J connectivity index is 1.90. The van der Waals surface area contributed by atoms with E-state index < -0.39 is 0 Å². The van der Waals surface area contributed by atoms with E-state index in [0.717, 1.165) is 17.1 Å². The lowest BCUT2D eigenvalue weighted by Crippen LogP contribution is -2.32. The quantitative estimate of drug-likeness (QED) is 0.818.